The lowest BCUT2D eigenvalue weighted by Crippen LogP contribution is -2.54. The lowest BCUT2D eigenvalue weighted by Gasteiger charge is -2.42. The van der Waals surface area contributed by atoms with Gasteiger partial charge >= 0.3 is 0 Å². The van der Waals surface area contributed by atoms with Crippen LogP contribution in [-0.2, 0) is 15.0 Å². The van der Waals surface area contributed by atoms with E-state index in [1.54, 1.807) is 0 Å². The van der Waals surface area contributed by atoms with Crippen LogP contribution in [0.15, 0.2) is 24.3 Å². The van der Waals surface area contributed by atoms with Crippen LogP contribution in [0.5, 0.6) is 5.75 Å². The van der Waals surface area contributed by atoms with Crippen molar-refractivity contribution >= 4 is 11.8 Å². The van der Waals surface area contributed by atoms with E-state index in [2.05, 4.69) is 13.0 Å². The number of ether oxygens (including phenoxy) is 1. The molecular weight excluding hydrogens is 302 g/mol. The fraction of sp³-hybridized carbons (Fsp3) is 0.600. The Morgan fingerprint density at radius 1 is 1.25 bits per heavy atom. The summed E-state index contributed by atoms with van der Waals surface area (Å²) in [5, 5.41) is 0. The lowest BCUT2D eigenvalue weighted by molar-refractivity contribution is -0.155. The summed E-state index contributed by atoms with van der Waals surface area (Å²) in [6.07, 6.45) is 5.02. The number of rotatable bonds is 6. The second-order valence-corrected chi connectivity index (χ2v) is 7.04. The minimum atomic E-state index is -0.329. The van der Waals surface area contributed by atoms with Crippen molar-refractivity contribution < 1.29 is 14.3 Å². The number of hydrogen-bond donors (Lipinski definition) is 0. The minimum Gasteiger partial charge on any atom is -0.494 e. The van der Waals surface area contributed by atoms with Crippen molar-refractivity contribution in [2.24, 2.45) is 5.92 Å². The van der Waals surface area contributed by atoms with E-state index in [4.69, 9.17) is 4.74 Å². The highest BCUT2D eigenvalue weighted by Gasteiger charge is 2.54. The van der Waals surface area contributed by atoms with Gasteiger partial charge in [0.15, 0.2) is 0 Å². The summed E-state index contributed by atoms with van der Waals surface area (Å²) < 4.78 is 5.76. The number of hydrogen-bond acceptors (Lipinski definition) is 3. The van der Waals surface area contributed by atoms with E-state index in [1.165, 1.54) is 4.90 Å². The van der Waals surface area contributed by atoms with Crippen LogP contribution in [0.3, 0.4) is 0 Å². The van der Waals surface area contributed by atoms with E-state index in [-0.39, 0.29) is 23.1 Å². The second kappa shape index (κ2) is 6.96. The third-order valence-electron chi connectivity index (χ3n) is 5.44. The molecule has 2 atom stereocenters. The molecule has 0 aromatic heterocycles. The molecule has 130 valence electrons. The van der Waals surface area contributed by atoms with Gasteiger partial charge < -0.3 is 4.74 Å². The summed E-state index contributed by atoms with van der Waals surface area (Å²) in [4.78, 5) is 27.1. The van der Waals surface area contributed by atoms with Crippen molar-refractivity contribution in [3.05, 3.63) is 29.8 Å². The maximum atomic E-state index is 12.9. The molecular formula is C20H27NO3. The van der Waals surface area contributed by atoms with Gasteiger partial charge in [0.25, 0.3) is 0 Å². The van der Waals surface area contributed by atoms with Crippen LogP contribution in [0.4, 0.5) is 0 Å². The van der Waals surface area contributed by atoms with Gasteiger partial charge in [-0.15, -0.1) is 0 Å². The number of fused-ring (bicyclic) bond motifs is 1. The average molecular weight is 329 g/mol. The topological polar surface area (TPSA) is 46.6 Å². The van der Waals surface area contributed by atoms with Crippen LogP contribution in [0, 0.1) is 5.92 Å². The summed E-state index contributed by atoms with van der Waals surface area (Å²) in [5.41, 5.74) is 0.765. The SMILES string of the molecule is CCCOc1cccc(C23CCCC2C(=O)N(CCC)C(=O)C3)c1. The van der Waals surface area contributed by atoms with Crippen LogP contribution in [0.1, 0.15) is 57.9 Å². The van der Waals surface area contributed by atoms with E-state index in [9.17, 15) is 9.59 Å². The van der Waals surface area contributed by atoms with Gasteiger partial charge in [-0.05, 0) is 43.4 Å². The highest BCUT2D eigenvalue weighted by molar-refractivity contribution is 6.01. The van der Waals surface area contributed by atoms with E-state index in [0.29, 0.717) is 19.6 Å². The number of nitrogens with zero attached hydrogens (tertiary/aromatic N) is 1. The number of imide groups is 1. The molecule has 1 aromatic rings. The third kappa shape index (κ3) is 2.83. The zero-order valence-corrected chi connectivity index (χ0v) is 14.7. The Hall–Kier alpha value is -1.84. The first-order valence-corrected chi connectivity index (χ1v) is 9.20. The normalized spacial score (nSPS) is 26.6. The molecule has 2 amide bonds. The summed E-state index contributed by atoms with van der Waals surface area (Å²) in [7, 11) is 0. The van der Waals surface area contributed by atoms with E-state index < -0.39 is 0 Å². The number of carbonyl (C=O) groups excluding carboxylic acids is 2. The number of benzene rings is 1. The highest BCUT2D eigenvalue weighted by Crippen LogP contribution is 2.52. The average Bonchev–Trinajstić information content (AvgIpc) is 3.02. The van der Waals surface area contributed by atoms with Crippen LogP contribution in [0.2, 0.25) is 0 Å². The van der Waals surface area contributed by atoms with Crippen molar-refractivity contribution in [2.45, 2.75) is 57.8 Å². The number of carbonyl (C=O) groups is 2. The molecule has 1 aromatic carbocycles. The Morgan fingerprint density at radius 3 is 2.83 bits per heavy atom. The van der Waals surface area contributed by atoms with Gasteiger partial charge in [0.1, 0.15) is 5.75 Å². The van der Waals surface area contributed by atoms with E-state index >= 15 is 0 Å². The Bertz CT molecular complexity index is 627. The predicted molar refractivity (Wildman–Crippen MR) is 92.9 cm³/mol. The summed E-state index contributed by atoms with van der Waals surface area (Å²) in [6.45, 7) is 5.31. The molecule has 2 aliphatic rings. The van der Waals surface area contributed by atoms with Gasteiger partial charge in [0.2, 0.25) is 11.8 Å². The van der Waals surface area contributed by atoms with Gasteiger partial charge in [-0.3, -0.25) is 14.5 Å². The van der Waals surface area contributed by atoms with Crippen molar-refractivity contribution in [2.75, 3.05) is 13.2 Å². The largest absolute Gasteiger partial charge is 0.494 e. The maximum Gasteiger partial charge on any atom is 0.233 e. The van der Waals surface area contributed by atoms with Crippen molar-refractivity contribution in [3.63, 3.8) is 0 Å². The molecule has 3 rings (SSSR count). The first-order valence-electron chi connectivity index (χ1n) is 9.20. The van der Waals surface area contributed by atoms with Crippen LogP contribution in [-0.4, -0.2) is 29.9 Å². The molecule has 2 unspecified atom stereocenters. The number of likely N-dealkylation sites (tertiary alicyclic amines) is 1. The molecule has 2 fully saturated rings. The van der Waals surface area contributed by atoms with Crippen LogP contribution < -0.4 is 4.74 Å². The molecule has 1 heterocycles. The van der Waals surface area contributed by atoms with Gasteiger partial charge in [-0.25, -0.2) is 0 Å². The Morgan fingerprint density at radius 2 is 2.08 bits per heavy atom. The summed E-state index contributed by atoms with van der Waals surface area (Å²) in [5.74, 6) is 0.791. The fourth-order valence-electron chi connectivity index (χ4n) is 4.34. The molecule has 1 aliphatic heterocycles. The Kier molecular flexibility index (Phi) is 4.93. The summed E-state index contributed by atoms with van der Waals surface area (Å²) in [6, 6.07) is 8.05. The molecule has 0 N–H and O–H groups in total. The van der Waals surface area contributed by atoms with Gasteiger partial charge in [-0.1, -0.05) is 32.4 Å². The first-order chi connectivity index (χ1) is 11.6. The Labute approximate surface area is 144 Å². The zero-order valence-electron chi connectivity index (χ0n) is 14.7. The molecule has 0 bridgehead atoms. The quantitative estimate of drug-likeness (QED) is 0.748. The van der Waals surface area contributed by atoms with Gasteiger partial charge in [0, 0.05) is 24.3 Å². The third-order valence-corrected chi connectivity index (χ3v) is 5.44. The molecule has 1 saturated heterocycles. The predicted octanol–water partition coefficient (Wildman–Crippen LogP) is 3.68. The smallest absolute Gasteiger partial charge is 0.233 e. The molecule has 24 heavy (non-hydrogen) atoms. The van der Waals surface area contributed by atoms with Crippen molar-refractivity contribution in [1.82, 2.24) is 4.90 Å². The monoisotopic (exact) mass is 329 g/mol. The van der Waals surface area contributed by atoms with Crippen LogP contribution >= 0.6 is 0 Å². The minimum absolute atomic E-state index is 0.0140. The van der Waals surface area contributed by atoms with Gasteiger partial charge in [-0.2, -0.15) is 0 Å². The second-order valence-electron chi connectivity index (χ2n) is 7.04. The molecule has 0 radical (unpaired) electrons. The molecule has 1 aliphatic carbocycles. The lowest BCUT2D eigenvalue weighted by atomic mass is 9.67. The molecule has 0 spiro atoms. The molecule has 4 heteroatoms. The fourth-order valence-corrected chi connectivity index (χ4v) is 4.34. The van der Waals surface area contributed by atoms with Gasteiger partial charge in [0.05, 0.1) is 6.61 Å². The Balaban J connectivity index is 1.94. The van der Waals surface area contributed by atoms with Crippen molar-refractivity contribution in [3.8, 4) is 5.75 Å². The standard InChI is InChI=1S/C20H27NO3/c1-3-11-21-18(22)14-20(10-6-9-17(20)19(21)23)15-7-5-8-16(13-15)24-12-4-2/h5,7-8,13,17H,3-4,6,9-12,14H2,1-2H3. The molecule has 4 nitrogen and oxygen atoms in total. The summed E-state index contributed by atoms with van der Waals surface area (Å²) >= 11 is 0. The first kappa shape index (κ1) is 17.0. The van der Waals surface area contributed by atoms with Crippen molar-refractivity contribution in [1.29, 1.82) is 0 Å². The molecule has 1 saturated carbocycles. The maximum absolute atomic E-state index is 12.9. The highest BCUT2D eigenvalue weighted by atomic mass is 16.5. The van der Waals surface area contributed by atoms with Crippen LogP contribution in [0.25, 0.3) is 0 Å². The number of amides is 2. The van der Waals surface area contributed by atoms with E-state index in [0.717, 1.165) is 43.4 Å². The van der Waals surface area contributed by atoms with E-state index in [1.807, 2.05) is 25.1 Å². The zero-order chi connectivity index (χ0) is 17.2. The number of piperidine rings is 1.